The van der Waals surface area contributed by atoms with Crippen molar-refractivity contribution in [3.05, 3.63) is 47.6 Å². The number of rotatable bonds is 3. The highest BCUT2D eigenvalue weighted by molar-refractivity contribution is 6.29. The Kier molecular flexibility index (Phi) is 3.62. The molecule has 2 heterocycles. The van der Waals surface area contributed by atoms with E-state index in [2.05, 4.69) is 20.1 Å². The molecule has 2 aromatic heterocycles. The van der Waals surface area contributed by atoms with Gasteiger partial charge in [-0.15, -0.1) is 0 Å². The van der Waals surface area contributed by atoms with E-state index >= 15 is 0 Å². The minimum Gasteiger partial charge on any atom is -0.336 e. The molecule has 0 unspecified atom stereocenters. The Balaban J connectivity index is 2.11. The molecule has 0 amide bonds. The smallest absolute Gasteiger partial charge is 0.253 e. The van der Waals surface area contributed by atoms with Gasteiger partial charge in [-0.3, -0.25) is 4.98 Å². The van der Waals surface area contributed by atoms with Crippen molar-refractivity contribution in [1.29, 1.82) is 0 Å². The second-order valence-corrected chi connectivity index (χ2v) is 3.55. The third-order valence-corrected chi connectivity index (χ3v) is 2.13. The van der Waals surface area contributed by atoms with E-state index in [1.54, 1.807) is 13.1 Å². The van der Waals surface area contributed by atoms with Gasteiger partial charge in [0.2, 0.25) is 0 Å². The van der Waals surface area contributed by atoms with Crippen LogP contribution >= 0.6 is 11.6 Å². The molecule has 0 fully saturated rings. The van der Waals surface area contributed by atoms with Gasteiger partial charge in [-0.2, -0.15) is 4.98 Å². The van der Waals surface area contributed by atoms with Crippen LogP contribution < -0.4 is 4.84 Å². The number of pyridine rings is 1. The lowest BCUT2D eigenvalue weighted by atomic mass is 10.3. The first-order chi connectivity index (χ1) is 8.25. The molecule has 0 aliphatic carbocycles. The number of nitrogens with zero attached hydrogens (tertiary/aromatic N) is 4. The van der Waals surface area contributed by atoms with E-state index in [0.29, 0.717) is 16.7 Å². The molecule has 2 rings (SSSR count). The summed E-state index contributed by atoms with van der Waals surface area (Å²) in [7, 11) is 0. The molecule has 0 radical (unpaired) electrons. The van der Waals surface area contributed by atoms with E-state index in [1.165, 1.54) is 12.4 Å². The summed E-state index contributed by atoms with van der Waals surface area (Å²) in [6.07, 6.45) is 3.00. The molecule has 86 valence electrons. The number of oxime groups is 1. The summed E-state index contributed by atoms with van der Waals surface area (Å²) in [5.74, 6) is 0.292. The summed E-state index contributed by atoms with van der Waals surface area (Å²) in [6, 6.07) is 7.04. The summed E-state index contributed by atoms with van der Waals surface area (Å²) in [5, 5.41) is 4.22. The normalized spacial score (nSPS) is 11.3. The molecular formula is C11H9ClN4O. The number of hydrogen-bond acceptors (Lipinski definition) is 5. The zero-order valence-corrected chi connectivity index (χ0v) is 9.80. The van der Waals surface area contributed by atoms with E-state index in [1.807, 2.05) is 18.2 Å². The first-order valence-electron chi connectivity index (χ1n) is 4.86. The summed E-state index contributed by atoms with van der Waals surface area (Å²) in [6.45, 7) is 1.80. The molecule has 0 spiro atoms. The van der Waals surface area contributed by atoms with Crippen LogP contribution in [0.25, 0.3) is 0 Å². The molecule has 0 N–H and O–H groups in total. The molecule has 0 saturated carbocycles. The Morgan fingerprint density at radius 3 is 2.88 bits per heavy atom. The topological polar surface area (TPSA) is 60.3 Å². The summed E-state index contributed by atoms with van der Waals surface area (Å²) in [4.78, 5) is 16.9. The molecule has 17 heavy (non-hydrogen) atoms. The van der Waals surface area contributed by atoms with Crippen LogP contribution in [0.1, 0.15) is 12.6 Å². The monoisotopic (exact) mass is 248 g/mol. The highest BCUT2D eigenvalue weighted by Crippen LogP contribution is 2.11. The molecular weight excluding hydrogens is 240 g/mol. The van der Waals surface area contributed by atoms with Crippen LogP contribution in [0.2, 0.25) is 5.15 Å². The molecule has 0 aliphatic heterocycles. The number of hydrogen-bond donors (Lipinski definition) is 0. The van der Waals surface area contributed by atoms with Crippen molar-refractivity contribution in [1.82, 2.24) is 15.0 Å². The maximum Gasteiger partial charge on any atom is 0.253 e. The van der Waals surface area contributed by atoms with Gasteiger partial charge in [-0.1, -0.05) is 22.8 Å². The van der Waals surface area contributed by atoms with Crippen molar-refractivity contribution in [2.45, 2.75) is 6.92 Å². The van der Waals surface area contributed by atoms with Crippen LogP contribution in [-0.2, 0) is 0 Å². The standard InChI is InChI=1S/C11H9ClN4O/c1-8(9-4-2-3-5-13-9)16-17-11-6-10(12)14-7-15-11/h2-7H,1H3/b16-8+. The van der Waals surface area contributed by atoms with Gasteiger partial charge in [0, 0.05) is 12.3 Å². The minimum atomic E-state index is 0.292. The van der Waals surface area contributed by atoms with E-state index in [4.69, 9.17) is 16.4 Å². The van der Waals surface area contributed by atoms with Crippen molar-refractivity contribution in [2.75, 3.05) is 0 Å². The predicted octanol–water partition coefficient (Wildman–Crippen LogP) is 2.33. The lowest BCUT2D eigenvalue weighted by molar-refractivity contribution is 0.326. The SMILES string of the molecule is C/C(=N\Oc1cc(Cl)ncn1)c1ccccn1. The van der Waals surface area contributed by atoms with Crippen LogP contribution in [0.4, 0.5) is 0 Å². The number of aromatic nitrogens is 3. The Hall–Kier alpha value is -2.01. The quantitative estimate of drug-likeness (QED) is 0.475. The second-order valence-electron chi connectivity index (χ2n) is 3.16. The van der Waals surface area contributed by atoms with E-state index in [-0.39, 0.29) is 0 Å². The van der Waals surface area contributed by atoms with Gasteiger partial charge in [-0.25, -0.2) is 4.98 Å². The molecule has 0 atom stereocenters. The maximum absolute atomic E-state index is 5.69. The van der Waals surface area contributed by atoms with Gasteiger partial charge in [0.05, 0.1) is 5.69 Å². The van der Waals surface area contributed by atoms with Gasteiger partial charge in [0.1, 0.15) is 17.2 Å². The highest BCUT2D eigenvalue weighted by Gasteiger charge is 2.00. The van der Waals surface area contributed by atoms with Crippen LogP contribution in [0.5, 0.6) is 5.88 Å². The average molecular weight is 249 g/mol. The van der Waals surface area contributed by atoms with E-state index in [9.17, 15) is 0 Å². The zero-order chi connectivity index (χ0) is 12.1. The van der Waals surface area contributed by atoms with Crippen molar-refractivity contribution < 1.29 is 4.84 Å². The molecule has 2 aromatic rings. The van der Waals surface area contributed by atoms with Crippen molar-refractivity contribution >= 4 is 17.3 Å². The fraction of sp³-hybridized carbons (Fsp3) is 0.0909. The average Bonchev–Trinajstić information content (AvgIpc) is 2.37. The molecule has 0 aromatic carbocycles. The number of halogens is 1. The van der Waals surface area contributed by atoms with Gasteiger partial charge >= 0.3 is 0 Å². The third-order valence-electron chi connectivity index (χ3n) is 1.92. The summed E-state index contributed by atoms with van der Waals surface area (Å²) >= 11 is 5.69. The highest BCUT2D eigenvalue weighted by atomic mass is 35.5. The lowest BCUT2D eigenvalue weighted by Gasteiger charge is -2.00. The van der Waals surface area contributed by atoms with Crippen molar-refractivity contribution in [3.63, 3.8) is 0 Å². The molecule has 0 saturated heterocycles. The van der Waals surface area contributed by atoms with Gasteiger partial charge in [0.25, 0.3) is 5.88 Å². The van der Waals surface area contributed by atoms with Crippen molar-refractivity contribution in [2.24, 2.45) is 5.16 Å². The second kappa shape index (κ2) is 5.36. The molecule has 5 nitrogen and oxygen atoms in total. The predicted molar refractivity (Wildman–Crippen MR) is 64.1 cm³/mol. The third kappa shape index (κ3) is 3.22. The van der Waals surface area contributed by atoms with E-state index < -0.39 is 0 Å². The molecule has 0 aliphatic rings. The fourth-order valence-corrected chi connectivity index (χ4v) is 1.24. The minimum absolute atomic E-state index is 0.292. The first-order valence-corrected chi connectivity index (χ1v) is 5.24. The first kappa shape index (κ1) is 11.5. The summed E-state index contributed by atoms with van der Waals surface area (Å²) in [5.41, 5.74) is 1.40. The van der Waals surface area contributed by atoms with Crippen molar-refractivity contribution in [3.8, 4) is 5.88 Å². The van der Waals surface area contributed by atoms with Gasteiger partial charge in [-0.05, 0) is 19.1 Å². The zero-order valence-electron chi connectivity index (χ0n) is 9.04. The fourth-order valence-electron chi connectivity index (χ4n) is 1.11. The Morgan fingerprint density at radius 2 is 2.18 bits per heavy atom. The van der Waals surface area contributed by atoms with Crippen LogP contribution in [0.15, 0.2) is 41.9 Å². The lowest BCUT2D eigenvalue weighted by Crippen LogP contribution is -2.00. The van der Waals surface area contributed by atoms with Crippen LogP contribution in [-0.4, -0.2) is 20.7 Å². The molecule has 0 bridgehead atoms. The summed E-state index contributed by atoms with van der Waals surface area (Å²) < 4.78 is 0. The maximum atomic E-state index is 5.69. The Morgan fingerprint density at radius 1 is 1.29 bits per heavy atom. The van der Waals surface area contributed by atoms with Crippen LogP contribution in [0.3, 0.4) is 0 Å². The van der Waals surface area contributed by atoms with Gasteiger partial charge in [0.15, 0.2) is 0 Å². The van der Waals surface area contributed by atoms with Gasteiger partial charge < -0.3 is 4.84 Å². The largest absolute Gasteiger partial charge is 0.336 e. The molecule has 6 heteroatoms. The van der Waals surface area contributed by atoms with E-state index in [0.717, 1.165) is 5.69 Å². The Bertz CT molecular complexity index is 530. The Labute approximate surface area is 103 Å². The van der Waals surface area contributed by atoms with Crippen LogP contribution in [0, 0.1) is 0 Å².